The van der Waals surface area contributed by atoms with Crippen molar-refractivity contribution in [1.29, 1.82) is 0 Å². The first-order valence-electron chi connectivity index (χ1n) is 9.91. The summed E-state index contributed by atoms with van der Waals surface area (Å²) < 4.78 is 2.28. The lowest BCUT2D eigenvalue weighted by atomic mass is 10.0. The van der Waals surface area contributed by atoms with Crippen molar-refractivity contribution in [2.24, 2.45) is 0 Å². The van der Waals surface area contributed by atoms with Gasteiger partial charge in [-0.2, -0.15) is 0 Å². The van der Waals surface area contributed by atoms with E-state index in [4.69, 9.17) is 12.2 Å². The topological polar surface area (TPSA) is 33.1 Å². The summed E-state index contributed by atoms with van der Waals surface area (Å²) in [6.45, 7) is 5.28. The van der Waals surface area contributed by atoms with Crippen molar-refractivity contribution in [1.82, 2.24) is 19.8 Å². The molecule has 4 nitrogen and oxygen atoms in total. The quantitative estimate of drug-likeness (QED) is 0.604. The van der Waals surface area contributed by atoms with Gasteiger partial charge in [-0.15, -0.1) is 0 Å². The smallest absolute Gasteiger partial charge is 0.170 e. The van der Waals surface area contributed by atoms with E-state index < -0.39 is 0 Å². The number of hydrogen-bond acceptors (Lipinski definition) is 2. The van der Waals surface area contributed by atoms with E-state index in [-0.39, 0.29) is 12.1 Å². The third-order valence-electron chi connectivity index (χ3n) is 5.31. The molecule has 2 aromatic heterocycles. The SMILES string of the molecule is CCCCN1C(=S)N[C@H](c2ccccn2)[C@H]1c1cccn1-c1cccc(C)c1. The van der Waals surface area contributed by atoms with E-state index >= 15 is 0 Å². The number of aryl methyl sites for hydroxylation is 1. The second-order valence-corrected chi connectivity index (χ2v) is 7.70. The van der Waals surface area contributed by atoms with Crippen LogP contribution >= 0.6 is 12.2 Å². The summed E-state index contributed by atoms with van der Waals surface area (Å²) in [5, 5.41) is 4.35. The van der Waals surface area contributed by atoms with Crippen LogP contribution in [0.4, 0.5) is 0 Å². The van der Waals surface area contributed by atoms with Gasteiger partial charge in [0.1, 0.15) is 0 Å². The maximum Gasteiger partial charge on any atom is 0.170 e. The predicted octanol–water partition coefficient (Wildman–Crippen LogP) is 4.95. The Morgan fingerprint density at radius 3 is 2.75 bits per heavy atom. The standard InChI is InChI=1S/C23H26N4S/c1-3-4-14-27-22(21(25-23(27)28)19-11-5-6-13-24-19)20-12-8-15-26(20)18-10-7-9-17(2)16-18/h5-13,15-16,21-22H,3-4,14H2,1-2H3,(H,25,28)/t21-,22-/m1/s1. The Kier molecular flexibility index (Phi) is 5.44. The van der Waals surface area contributed by atoms with Crippen molar-refractivity contribution >= 4 is 17.3 Å². The monoisotopic (exact) mass is 390 g/mol. The molecule has 1 aromatic carbocycles. The number of aromatic nitrogens is 2. The van der Waals surface area contributed by atoms with E-state index in [9.17, 15) is 0 Å². The number of nitrogens with one attached hydrogen (secondary N) is 1. The van der Waals surface area contributed by atoms with Crippen LogP contribution in [0.25, 0.3) is 5.69 Å². The van der Waals surface area contributed by atoms with Gasteiger partial charge in [0.05, 0.1) is 17.8 Å². The van der Waals surface area contributed by atoms with Gasteiger partial charge in [-0.1, -0.05) is 31.5 Å². The summed E-state index contributed by atoms with van der Waals surface area (Å²) in [5.74, 6) is 0. The molecule has 0 unspecified atom stereocenters. The van der Waals surface area contributed by atoms with Crippen molar-refractivity contribution in [2.75, 3.05) is 6.54 Å². The van der Waals surface area contributed by atoms with Gasteiger partial charge >= 0.3 is 0 Å². The summed E-state index contributed by atoms with van der Waals surface area (Å²) in [6.07, 6.45) is 6.24. The molecule has 3 heterocycles. The highest BCUT2D eigenvalue weighted by atomic mass is 32.1. The Morgan fingerprint density at radius 2 is 2.00 bits per heavy atom. The van der Waals surface area contributed by atoms with Crippen LogP contribution in [0.15, 0.2) is 67.0 Å². The summed E-state index contributed by atoms with van der Waals surface area (Å²) in [7, 11) is 0. The Bertz CT molecular complexity index is 950. The molecule has 0 spiro atoms. The summed E-state index contributed by atoms with van der Waals surface area (Å²) in [5.41, 5.74) is 4.67. The lowest BCUT2D eigenvalue weighted by Crippen LogP contribution is -2.31. The number of pyridine rings is 1. The first-order valence-corrected chi connectivity index (χ1v) is 10.3. The Balaban J connectivity index is 1.79. The van der Waals surface area contributed by atoms with Crippen molar-refractivity contribution in [3.8, 4) is 5.69 Å². The van der Waals surface area contributed by atoms with E-state index in [0.29, 0.717) is 0 Å². The minimum Gasteiger partial charge on any atom is -0.352 e. The van der Waals surface area contributed by atoms with Crippen molar-refractivity contribution in [2.45, 2.75) is 38.8 Å². The van der Waals surface area contributed by atoms with Crippen LogP contribution in [0, 0.1) is 6.92 Å². The second-order valence-electron chi connectivity index (χ2n) is 7.32. The van der Waals surface area contributed by atoms with E-state index in [1.165, 1.54) is 16.9 Å². The zero-order chi connectivity index (χ0) is 19.5. The largest absolute Gasteiger partial charge is 0.352 e. The first kappa shape index (κ1) is 18.7. The maximum absolute atomic E-state index is 5.74. The number of rotatable bonds is 6. The third-order valence-corrected chi connectivity index (χ3v) is 5.67. The molecule has 0 bridgehead atoms. The molecule has 1 aliphatic heterocycles. The lowest BCUT2D eigenvalue weighted by molar-refractivity contribution is 0.304. The normalized spacial score (nSPS) is 19.1. The van der Waals surface area contributed by atoms with Gasteiger partial charge < -0.3 is 14.8 Å². The highest BCUT2D eigenvalue weighted by Gasteiger charge is 2.40. The predicted molar refractivity (Wildman–Crippen MR) is 118 cm³/mol. The molecular formula is C23H26N4S. The van der Waals surface area contributed by atoms with E-state index in [1.807, 2.05) is 18.3 Å². The van der Waals surface area contributed by atoms with Crippen molar-refractivity contribution in [3.05, 3.63) is 83.9 Å². The minimum atomic E-state index is 0.0315. The van der Waals surface area contributed by atoms with Crippen LogP contribution < -0.4 is 5.32 Å². The van der Waals surface area contributed by atoms with E-state index in [2.05, 4.69) is 82.3 Å². The molecule has 4 rings (SSSR count). The third kappa shape index (κ3) is 3.54. The fraction of sp³-hybridized carbons (Fsp3) is 0.304. The molecular weight excluding hydrogens is 364 g/mol. The second kappa shape index (κ2) is 8.15. The van der Waals surface area contributed by atoms with Gasteiger partial charge in [-0.25, -0.2) is 0 Å². The Hall–Kier alpha value is -2.66. The van der Waals surface area contributed by atoms with Crippen LogP contribution in [0.3, 0.4) is 0 Å². The molecule has 1 aliphatic rings. The molecule has 0 saturated carbocycles. The fourth-order valence-electron chi connectivity index (χ4n) is 3.94. The molecule has 2 atom stereocenters. The molecule has 1 N–H and O–H groups in total. The van der Waals surface area contributed by atoms with Crippen LogP contribution in [0.2, 0.25) is 0 Å². The zero-order valence-corrected chi connectivity index (χ0v) is 17.2. The molecule has 28 heavy (non-hydrogen) atoms. The fourth-order valence-corrected chi connectivity index (χ4v) is 4.28. The number of unbranched alkanes of at least 4 members (excludes halogenated alkanes) is 1. The van der Waals surface area contributed by atoms with Crippen LogP contribution in [-0.4, -0.2) is 26.1 Å². The molecule has 0 radical (unpaired) electrons. The van der Waals surface area contributed by atoms with Gasteiger partial charge in [-0.3, -0.25) is 4.98 Å². The molecule has 5 heteroatoms. The molecule has 1 fully saturated rings. The van der Waals surface area contributed by atoms with Crippen LogP contribution in [-0.2, 0) is 0 Å². The van der Waals surface area contributed by atoms with Crippen LogP contribution in [0.5, 0.6) is 0 Å². The summed E-state index contributed by atoms with van der Waals surface area (Å²) in [6, 6.07) is 19.1. The zero-order valence-electron chi connectivity index (χ0n) is 16.4. The average Bonchev–Trinajstić information content (AvgIpc) is 3.31. The highest BCUT2D eigenvalue weighted by molar-refractivity contribution is 7.80. The molecule has 3 aromatic rings. The van der Waals surface area contributed by atoms with Gasteiger partial charge in [-0.05, 0) is 67.5 Å². The number of thiocarbonyl (C=S) groups is 1. The van der Waals surface area contributed by atoms with E-state index in [1.54, 1.807) is 0 Å². The van der Waals surface area contributed by atoms with Gasteiger partial charge in [0, 0.05) is 30.3 Å². The Labute approximate surface area is 172 Å². The average molecular weight is 391 g/mol. The van der Waals surface area contributed by atoms with Crippen molar-refractivity contribution in [3.63, 3.8) is 0 Å². The highest BCUT2D eigenvalue weighted by Crippen LogP contribution is 2.39. The Morgan fingerprint density at radius 1 is 1.11 bits per heavy atom. The number of benzene rings is 1. The maximum atomic E-state index is 5.74. The van der Waals surface area contributed by atoms with E-state index in [0.717, 1.165) is 30.2 Å². The lowest BCUT2D eigenvalue weighted by Gasteiger charge is -2.29. The molecule has 144 valence electrons. The number of hydrogen-bond donors (Lipinski definition) is 1. The first-order chi connectivity index (χ1) is 13.7. The minimum absolute atomic E-state index is 0.0315. The number of nitrogens with zero attached hydrogens (tertiary/aromatic N) is 3. The summed E-state index contributed by atoms with van der Waals surface area (Å²) >= 11 is 5.74. The molecule has 0 aliphatic carbocycles. The van der Waals surface area contributed by atoms with Gasteiger partial charge in [0.2, 0.25) is 0 Å². The molecule has 1 saturated heterocycles. The van der Waals surface area contributed by atoms with Gasteiger partial charge in [0.15, 0.2) is 5.11 Å². The molecule has 0 amide bonds. The van der Waals surface area contributed by atoms with Crippen LogP contribution in [0.1, 0.15) is 48.8 Å². The van der Waals surface area contributed by atoms with Gasteiger partial charge in [0.25, 0.3) is 0 Å². The van der Waals surface area contributed by atoms with Crippen molar-refractivity contribution < 1.29 is 0 Å². The summed E-state index contributed by atoms with van der Waals surface area (Å²) in [4.78, 5) is 6.96.